The molecular weight excluding hydrogens is 500 g/mol. The van der Waals surface area contributed by atoms with Crippen LogP contribution in [0, 0.1) is 0 Å². The number of aromatic nitrogens is 4. The molecule has 0 fully saturated rings. The van der Waals surface area contributed by atoms with Crippen molar-refractivity contribution in [2.75, 3.05) is 5.73 Å². The second-order valence-corrected chi connectivity index (χ2v) is 10.4. The Morgan fingerprint density at radius 2 is 2.05 bits per heavy atom. The van der Waals surface area contributed by atoms with Gasteiger partial charge in [0, 0.05) is 28.0 Å². The fraction of sp³-hybridized carbons (Fsp3) is 0.207. The highest BCUT2D eigenvalue weighted by molar-refractivity contribution is 7.19. The van der Waals surface area contributed by atoms with Gasteiger partial charge in [0.15, 0.2) is 0 Å². The Kier molecular flexibility index (Phi) is 8.58. The van der Waals surface area contributed by atoms with Gasteiger partial charge in [-0.3, -0.25) is 9.97 Å². The third kappa shape index (κ3) is 6.37. The molecule has 6 nitrogen and oxygen atoms in total. The van der Waals surface area contributed by atoms with E-state index < -0.39 is 0 Å². The molecule has 190 valence electrons. The summed E-state index contributed by atoms with van der Waals surface area (Å²) in [6.07, 6.45) is 13.0. The van der Waals surface area contributed by atoms with Crippen LogP contribution in [0.15, 0.2) is 79.4 Å². The molecule has 4 rings (SSSR count). The number of H-pyrrole nitrogens is 1. The van der Waals surface area contributed by atoms with Crippen LogP contribution in [-0.2, 0) is 6.42 Å². The zero-order chi connectivity index (χ0) is 26.4. The number of halogens is 1. The number of hydrogen-bond donors (Lipinski definition) is 3. The zero-order valence-corrected chi connectivity index (χ0v) is 22.7. The molecule has 0 unspecified atom stereocenters. The molecule has 4 N–H and O–H groups in total. The highest BCUT2D eigenvalue weighted by Crippen LogP contribution is 2.34. The maximum Gasteiger partial charge on any atom is 0.113 e. The van der Waals surface area contributed by atoms with Crippen LogP contribution in [0.2, 0.25) is 4.34 Å². The lowest BCUT2D eigenvalue weighted by molar-refractivity contribution is 0.751. The molecule has 8 heteroatoms. The van der Waals surface area contributed by atoms with E-state index in [9.17, 15) is 0 Å². The topological polar surface area (TPSA) is 92.5 Å². The summed E-state index contributed by atoms with van der Waals surface area (Å²) in [6.45, 7) is 12.2. The Bertz CT molecular complexity index is 1490. The number of rotatable bonds is 11. The lowest BCUT2D eigenvalue weighted by atomic mass is 10.1. The number of nitrogens with two attached hydrogens (primary N) is 1. The van der Waals surface area contributed by atoms with E-state index in [0.29, 0.717) is 12.1 Å². The average molecular weight is 531 g/mol. The SMILES string of the molecule is C=C/C(=C\C(=C/C)c1ccc(N)c(Cc2nc3c(-c4ccc(Cl)s4)cncc3[nH]2)n1)NC(=C)CCCC. The van der Waals surface area contributed by atoms with E-state index >= 15 is 0 Å². The van der Waals surface area contributed by atoms with E-state index in [1.807, 2.05) is 49.5 Å². The van der Waals surface area contributed by atoms with Crippen molar-refractivity contribution in [3.63, 3.8) is 0 Å². The molecule has 0 bridgehead atoms. The monoisotopic (exact) mass is 530 g/mol. The van der Waals surface area contributed by atoms with E-state index in [4.69, 9.17) is 27.3 Å². The molecule has 0 atom stereocenters. The molecule has 4 aromatic heterocycles. The van der Waals surface area contributed by atoms with Gasteiger partial charge in [0.05, 0.1) is 39.5 Å². The van der Waals surface area contributed by atoms with Gasteiger partial charge in [-0.15, -0.1) is 11.3 Å². The summed E-state index contributed by atoms with van der Waals surface area (Å²) in [5.41, 5.74) is 14.0. The zero-order valence-electron chi connectivity index (χ0n) is 21.1. The van der Waals surface area contributed by atoms with Crippen LogP contribution in [0.25, 0.3) is 27.0 Å². The fourth-order valence-corrected chi connectivity index (χ4v) is 5.01. The first-order valence-corrected chi connectivity index (χ1v) is 13.4. The third-order valence-corrected chi connectivity index (χ3v) is 7.18. The minimum Gasteiger partial charge on any atom is -0.397 e. The van der Waals surface area contributed by atoms with Gasteiger partial charge in [-0.05, 0) is 61.8 Å². The number of anilines is 1. The van der Waals surface area contributed by atoms with Gasteiger partial charge < -0.3 is 16.0 Å². The number of thiophene rings is 1. The number of aromatic amines is 1. The van der Waals surface area contributed by atoms with Crippen molar-refractivity contribution in [2.45, 2.75) is 39.5 Å². The van der Waals surface area contributed by atoms with Crippen LogP contribution in [0.1, 0.15) is 50.3 Å². The van der Waals surface area contributed by atoms with E-state index in [1.165, 1.54) is 11.3 Å². The Morgan fingerprint density at radius 3 is 2.76 bits per heavy atom. The maximum atomic E-state index is 6.33. The summed E-state index contributed by atoms with van der Waals surface area (Å²) in [4.78, 5) is 18.5. The predicted molar refractivity (Wildman–Crippen MR) is 157 cm³/mol. The second-order valence-electron chi connectivity index (χ2n) is 8.66. The van der Waals surface area contributed by atoms with Crippen molar-refractivity contribution in [1.29, 1.82) is 0 Å². The van der Waals surface area contributed by atoms with Crippen molar-refractivity contribution in [3.05, 3.63) is 101 Å². The third-order valence-electron chi connectivity index (χ3n) is 5.92. The molecule has 0 spiro atoms. The first-order valence-electron chi connectivity index (χ1n) is 12.2. The van der Waals surface area contributed by atoms with E-state index in [-0.39, 0.29) is 0 Å². The molecule has 37 heavy (non-hydrogen) atoms. The number of pyridine rings is 2. The Hall–Kier alpha value is -3.68. The van der Waals surface area contributed by atoms with Gasteiger partial charge in [-0.2, -0.15) is 0 Å². The molecule has 0 aromatic carbocycles. The standard InChI is InChI=1S/C29H31ClN6S/c1-5-8-9-18(4)33-20(7-3)14-19(6-2)23-11-10-22(31)24(34-23)15-28-35-25-17-32-16-21(29(25)36-28)26-12-13-27(30)37-26/h6-7,10-14,16-17,33H,3-5,8-9,15,31H2,1-2H3,(H,35,36)/b19-6+,20-14+. The number of fused-ring (bicyclic) bond motifs is 1. The summed E-state index contributed by atoms with van der Waals surface area (Å²) in [6, 6.07) is 7.68. The van der Waals surface area contributed by atoms with Crippen LogP contribution in [-0.4, -0.2) is 19.9 Å². The van der Waals surface area contributed by atoms with Crippen LogP contribution >= 0.6 is 22.9 Å². The van der Waals surface area contributed by atoms with Gasteiger partial charge in [-0.25, -0.2) is 4.98 Å². The Labute approximate surface area is 226 Å². The second kappa shape index (κ2) is 12.0. The first kappa shape index (κ1) is 26.4. The number of unbranched alkanes of at least 4 members (excludes halogenated alkanes) is 1. The molecular formula is C29H31ClN6S. The maximum absolute atomic E-state index is 6.33. The molecule has 4 heterocycles. The molecule has 4 aromatic rings. The minimum absolute atomic E-state index is 0.458. The molecule has 0 radical (unpaired) electrons. The van der Waals surface area contributed by atoms with E-state index in [0.717, 1.165) is 79.3 Å². The molecule has 0 saturated heterocycles. The quantitative estimate of drug-likeness (QED) is 0.173. The summed E-state index contributed by atoms with van der Waals surface area (Å²) in [7, 11) is 0. The lowest BCUT2D eigenvalue weighted by Crippen LogP contribution is -2.10. The average Bonchev–Trinajstić information content (AvgIpc) is 3.52. The highest BCUT2D eigenvalue weighted by atomic mass is 35.5. The summed E-state index contributed by atoms with van der Waals surface area (Å²) >= 11 is 7.66. The van der Waals surface area contributed by atoms with Crippen molar-refractivity contribution >= 4 is 45.2 Å². The van der Waals surface area contributed by atoms with Crippen LogP contribution in [0.4, 0.5) is 5.69 Å². The molecule has 0 aliphatic rings. The van der Waals surface area contributed by atoms with Crippen molar-refractivity contribution in [1.82, 2.24) is 25.3 Å². The number of imidazole rings is 1. The van der Waals surface area contributed by atoms with Gasteiger partial charge >= 0.3 is 0 Å². The fourth-order valence-electron chi connectivity index (χ4n) is 3.96. The number of allylic oxidation sites excluding steroid dienone is 5. The van der Waals surface area contributed by atoms with E-state index in [2.05, 4.69) is 35.4 Å². The summed E-state index contributed by atoms with van der Waals surface area (Å²) < 4.78 is 0.727. The Morgan fingerprint density at radius 1 is 1.22 bits per heavy atom. The summed E-state index contributed by atoms with van der Waals surface area (Å²) in [5.74, 6) is 0.765. The molecule has 0 aliphatic heterocycles. The number of nitrogens with zero attached hydrogens (tertiary/aromatic N) is 3. The van der Waals surface area contributed by atoms with Gasteiger partial charge in [0.2, 0.25) is 0 Å². The van der Waals surface area contributed by atoms with Crippen molar-refractivity contribution < 1.29 is 0 Å². The van der Waals surface area contributed by atoms with Gasteiger partial charge in [-0.1, -0.05) is 44.2 Å². The van der Waals surface area contributed by atoms with Crippen molar-refractivity contribution in [3.8, 4) is 10.4 Å². The van der Waals surface area contributed by atoms with Crippen LogP contribution in [0.3, 0.4) is 0 Å². The minimum atomic E-state index is 0.458. The predicted octanol–water partition coefficient (Wildman–Crippen LogP) is 7.67. The van der Waals surface area contributed by atoms with Gasteiger partial charge in [0.25, 0.3) is 0 Å². The van der Waals surface area contributed by atoms with Crippen LogP contribution in [0.5, 0.6) is 0 Å². The summed E-state index contributed by atoms with van der Waals surface area (Å²) in [5, 5.41) is 3.36. The van der Waals surface area contributed by atoms with E-state index in [1.54, 1.807) is 12.3 Å². The van der Waals surface area contributed by atoms with Crippen molar-refractivity contribution in [2.24, 2.45) is 0 Å². The number of hydrogen-bond acceptors (Lipinski definition) is 6. The molecule has 0 saturated carbocycles. The number of nitrogens with one attached hydrogen (secondary N) is 2. The van der Waals surface area contributed by atoms with Gasteiger partial charge in [0.1, 0.15) is 11.3 Å². The molecule has 0 aliphatic carbocycles. The Balaban J connectivity index is 1.61. The normalized spacial score (nSPS) is 12.2. The highest BCUT2D eigenvalue weighted by Gasteiger charge is 2.14. The smallest absolute Gasteiger partial charge is 0.113 e. The lowest BCUT2D eigenvalue weighted by Gasteiger charge is -2.12. The molecule has 0 amide bonds. The largest absolute Gasteiger partial charge is 0.397 e. The number of nitrogen functional groups attached to an aromatic ring is 1. The first-order chi connectivity index (χ1) is 17.9. The van der Waals surface area contributed by atoms with Crippen LogP contribution < -0.4 is 11.1 Å².